The zero-order valence-electron chi connectivity index (χ0n) is 16.5. The number of hydrogen-bond donors (Lipinski definition) is 0. The normalized spacial score (nSPS) is 20.9. The summed E-state index contributed by atoms with van der Waals surface area (Å²) in [7, 11) is 4.84. The van der Waals surface area contributed by atoms with Crippen LogP contribution in [-0.4, -0.2) is 55.3 Å². The Kier molecular flexibility index (Phi) is 6.02. The van der Waals surface area contributed by atoms with Crippen LogP contribution in [-0.2, 0) is 20.9 Å². The van der Waals surface area contributed by atoms with E-state index in [2.05, 4.69) is 0 Å². The van der Waals surface area contributed by atoms with Crippen molar-refractivity contribution >= 4 is 17.7 Å². The SMILES string of the molecule is COc1ccc(CN(C)C(=O)CCN2C(=O)[C@@H]3CC=CC[C@H]3C2=O)cc1OC. The summed E-state index contributed by atoms with van der Waals surface area (Å²) < 4.78 is 10.5. The lowest BCUT2D eigenvalue weighted by atomic mass is 9.85. The Morgan fingerprint density at radius 2 is 1.68 bits per heavy atom. The van der Waals surface area contributed by atoms with Gasteiger partial charge in [0.2, 0.25) is 17.7 Å². The van der Waals surface area contributed by atoms with Crippen molar-refractivity contribution in [3.05, 3.63) is 35.9 Å². The standard InChI is InChI=1S/C21H26N2O5/c1-22(13-14-8-9-17(27-2)18(12-14)28-3)19(24)10-11-23-20(25)15-6-4-5-7-16(15)21(23)26/h4-5,8-9,12,15-16H,6-7,10-11,13H2,1-3H3/t15-,16-/m1/s1. The number of benzene rings is 1. The molecule has 0 radical (unpaired) electrons. The van der Waals surface area contributed by atoms with Crippen molar-refractivity contribution in [3.63, 3.8) is 0 Å². The third kappa shape index (κ3) is 3.88. The Hall–Kier alpha value is -2.83. The van der Waals surface area contributed by atoms with Gasteiger partial charge >= 0.3 is 0 Å². The van der Waals surface area contributed by atoms with Gasteiger partial charge in [-0.3, -0.25) is 19.3 Å². The maximum atomic E-state index is 12.5. The Morgan fingerprint density at radius 1 is 1.07 bits per heavy atom. The highest BCUT2D eigenvalue weighted by Gasteiger charge is 2.46. The van der Waals surface area contributed by atoms with E-state index in [0.717, 1.165) is 5.56 Å². The number of ether oxygens (including phenoxy) is 2. The first-order valence-corrected chi connectivity index (χ1v) is 9.41. The number of allylic oxidation sites excluding steroid dienone is 2. The molecule has 1 saturated heterocycles. The Morgan fingerprint density at radius 3 is 2.25 bits per heavy atom. The number of fused-ring (bicyclic) bond motifs is 1. The first-order valence-electron chi connectivity index (χ1n) is 9.41. The van der Waals surface area contributed by atoms with Gasteiger partial charge in [0.15, 0.2) is 11.5 Å². The summed E-state index contributed by atoms with van der Waals surface area (Å²) >= 11 is 0. The zero-order chi connectivity index (χ0) is 20.3. The number of methoxy groups -OCH3 is 2. The van der Waals surface area contributed by atoms with Crippen molar-refractivity contribution in [2.75, 3.05) is 27.8 Å². The Balaban J connectivity index is 1.56. The molecule has 0 aromatic heterocycles. The molecule has 150 valence electrons. The van der Waals surface area contributed by atoms with Crippen LogP contribution in [0, 0.1) is 11.8 Å². The first-order chi connectivity index (χ1) is 13.5. The van der Waals surface area contributed by atoms with Crippen LogP contribution in [0.25, 0.3) is 0 Å². The van der Waals surface area contributed by atoms with Crippen LogP contribution >= 0.6 is 0 Å². The van der Waals surface area contributed by atoms with Gasteiger partial charge in [0.1, 0.15) is 0 Å². The fourth-order valence-corrected chi connectivity index (χ4v) is 3.83. The minimum atomic E-state index is -0.253. The van der Waals surface area contributed by atoms with Crippen LogP contribution in [0.4, 0.5) is 0 Å². The van der Waals surface area contributed by atoms with E-state index in [1.807, 2.05) is 24.3 Å². The Labute approximate surface area is 164 Å². The lowest BCUT2D eigenvalue weighted by Gasteiger charge is -2.20. The van der Waals surface area contributed by atoms with Crippen LogP contribution in [0.15, 0.2) is 30.4 Å². The van der Waals surface area contributed by atoms with Crippen LogP contribution in [0.2, 0.25) is 0 Å². The average molecular weight is 386 g/mol. The van der Waals surface area contributed by atoms with E-state index < -0.39 is 0 Å². The maximum absolute atomic E-state index is 12.5. The highest BCUT2D eigenvalue weighted by Crippen LogP contribution is 2.35. The number of amides is 3. The molecule has 0 bridgehead atoms. The lowest BCUT2D eigenvalue weighted by Crippen LogP contribution is -2.36. The molecule has 2 atom stereocenters. The number of imide groups is 1. The topological polar surface area (TPSA) is 76.2 Å². The van der Waals surface area contributed by atoms with Gasteiger partial charge < -0.3 is 14.4 Å². The molecule has 1 aromatic rings. The van der Waals surface area contributed by atoms with Crippen molar-refractivity contribution in [1.29, 1.82) is 0 Å². The molecule has 1 aliphatic carbocycles. The second-order valence-electron chi connectivity index (χ2n) is 7.17. The van der Waals surface area contributed by atoms with Gasteiger partial charge in [-0.15, -0.1) is 0 Å². The van der Waals surface area contributed by atoms with Gasteiger partial charge in [0.05, 0.1) is 26.1 Å². The summed E-state index contributed by atoms with van der Waals surface area (Å²) in [5.41, 5.74) is 0.902. The van der Waals surface area contributed by atoms with Crippen LogP contribution in [0.1, 0.15) is 24.8 Å². The van der Waals surface area contributed by atoms with E-state index in [1.165, 1.54) is 4.90 Å². The van der Waals surface area contributed by atoms with Gasteiger partial charge in [0, 0.05) is 26.6 Å². The lowest BCUT2D eigenvalue weighted by molar-refractivity contribution is -0.140. The molecule has 0 unspecified atom stereocenters. The molecule has 28 heavy (non-hydrogen) atoms. The number of rotatable bonds is 7. The average Bonchev–Trinajstić information content (AvgIpc) is 2.96. The number of nitrogens with zero attached hydrogens (tertiary/aromatic N) is 2. The third-order valence-electron chi connectivity index (χ3n) is 5.44. The minimum absolute atomic E-state index is 0.119. The second-order valence-corrected chi connectivity index (χ2v) is 7.17. The molecular weight excluding hydrogens is 360 g/mol. The quantitative estimate of drug-likeness (QED) is 0.529. The smallest absolute Gasteiger partial charge is 0.233 e. The van der Waals surface area contributed by atoms with Crippen LogP contribution < -0.4 is 9.47 Å². The van der Waals surface area contributed by atoms with E-state index in [1.54, 1.807) is 32.2 Å². The van der Waals surface area contributed by atoms with Crippen molar-refractivity contribution in [2.24, 2.45) is 11.8 Å². The van der Waals surface area contributed by atoms with Gasteiger partial charge in [-0.05, 0) is 30.5 Å². The maximum Gasteiger partial charge on any atom is 0.233 e. The molecule has 1 heterocycles. The van der Waals surface area contributed by atoms with Crippen LogP contribution in [0.5, 0.6) is 11.5 Å². The summed E-state index contributed by atoms with van der Waals surface area (Å²) in [5, 5.41) is 0. The molecule has 7 heteroatoms. The fourth-order valence-electron chi connectivity index (χ4n) is 3.83. The summed E-state index contributed by atoms with van der Waals surface area (Å²) in [6, 6.07) is 5.49. The van der Waals surface area contributed by atoms with E-state index in [9.17, 15) is 14.4 Å². The third-order valence-corrected chi connectivity index (χ3v) is 5.44. The summed E-state index contributed by atoms with van der Waals surface area (Å²) in [5.74, 6) is 0.314. The van der Waals surface area contributed by atoms with E-state index in [0.29, 0.717) is 30.9 Å². The van der Waals surface area contributed by atoms with Crippen molar-refractivity contribution in [1.82, 2.24) is 9.80 Å². The van der Waals surface area contributed by atoms with E-state index in [-0.39, 0.29) is 42.5 Å². The fraction of sp³-hybridized carbons (Fsp3) is 0.476. The predicted molar refractivity (Wildman–Crippen MR) is 103 cm³/mol. The van der Waals surface area contributed by atoms with E-state index in [4.69, 9.17) is 9.47 Å². The van der Waals surface area contributed by atoms with Gasteiger partial charge in [0.25, 0.3) is 0 Å². The molecule has 7 nitrogen and oxygen atoms in total. The van der Waals surface area contributed by atoms with Crippen molar-refractivity contribution in [2.45, 2.75) is 25.8 Å². The minimum Gasteiger partial charge on any atom is -0.493 e. The molecule has 1 aromatic carbocycles. The predicted octanol–water partition coefficient (Wildman–Crippen LogP) is 2.00. The van der Waals surface area contributed by atoms with Gasteiger partial charge in [-0.2, -0.15) is 0 Å². The molecular formula is C21H26N2O5. The van der Waals surface area contributed by atoms with Gasteiger partial charge in [-0.1, -0.05) is 18.2 Å². The molecule has 0 saturated carbocycles. The number of carbonyl (C=O) groups is 3. The van der Waals surface area contributed by atoms with Crippen molar-refractivity contribution < 1.29 is 23.9 Å². The second kappa shape index (κ2) is 8.46. The summed E-state index contributed by atoms with van der Waals surface area (Å²) in [6.07, 6.45) is 5.25. The molecule has 2 aliphatic rings. The summed E-state index contributed by atoms with van der Waals surface area (Å²) in [4.78, 5) is 40.3. The van der Waals surface area contributed by atoms with Crippen LogP contribution in [0.3, 0.4) is 0 Å². The largest absolute Gasteiger partial charge is 0.493 e. The summed E-state index contributed by atoms with van der Waals surface area (Å²) in [6.45, 7) is 0.538. The van der Waals surface area contributed by atoms with Crippen molar-refractivity contribution in [3.8, 4) is 11.5 Å². The number of likely N-dealkylation sites (tertiary alicyclic amines) is 1. The Bertz CT molecular complexity index is 778. The molecule has 3 rings (SSSR count). The first kappa shape index (κ1) is 19.9. The molecule has 3 amide bonds. The number of hydrogen-bond acceptors (Lipinski definition) is 5. The zero-order valence-corrected chi connectivity index (χ0v) is 16.5. The molecule has 1 fully saturated rings. The monoisotopic (exact) mass is 386 g/mol. The van der Waals surface area contributed by atoms with E-state index >= 15 is 0 Å². The highest BCUT2D eigenvalue weighted by atomic mass is 16.5. The van der Waals surface area contributed by atoms with Gasteiger partial charge in [-0.25, -0.2) is 0 Å². The molecule has 0 N–H and O–H groups in total. The number of carbonyl (C=O) groups excluding carboxylic acids is 3. The highest BCUT2D eigenvalue weighted by molar-refractivity contribution is 6.05. The molecule has 0 spiro atoms. The molecule has 1 aliphatic heterocycles.